The average molecular weight is 213 g/mol. The zero-order chi connectivity index (χ0) is 7.91. The molecule has 10 heavy (non-hydrogen) atoms. The van der Waals surface area contributed by atoms with E-state index in [1.165, 1.54) is 0 Å². The molecule has 0 rings (SSSR count). The SMILES string of the molecule is O=S(=O)([O-])[O-].OCCO.[Mn+2]. The standard InChI is InChI=1S/C2H6O2.Mn.H2O4S/c3-1-2-4;;1-5(2,3)4/h3-4H,1-2H2;;(H2,1,2,3,4)/q;+2;/p-2. The Balaban J connectivity index is -0.0000000910. The first-order valence-electron chi connectivity index (χ1n) is 1.80. The Morgan fingerprint density at radius 3 is 1.20 bits per heavy atom. The Hall–Kier alpha value is 0.309. The van der Waals surface area contributed by atoms with Gasteiger partial charge in [0.25, 0.3) is 0 Å². The summed E-state index contributed by atoms with van der Waals surface area (Å²) >= 11 is 0. The van der Waals surface area contributed by atoms with Crippen molar-refractivity contribution in [3.8, 4) is 0 Å². The Labute approximate surface area is 68.9 Å². The van der Waals surface area contributed by atoms with Crippen molar-refractivity contribution in [3.63, 3.8) is 0 Å². The molecule has 0 unspecified atom stereocenters. The summed E-state index contributed by atoms with van der Waals surface area (Å²) in [5.41, 5.74) is 0. The Morgan fingerprint density at radius 1 is 1.10 bits per heavy atom. The van der Waals surface area contributed by atoms with Gasteiger partial charge in [0, 0.05) is 10.4 Å². The van der Waals surface area contributed by atoms with Crippen molar-refractivity contribution in [1.82, 2.24) is 0 Å². The molecule has 0 aliphatic rings. The van der Waals surface area contributed by atoms with Gasteiger partial charge in [0.05, 0.1) is 13.2 Å². The fourth-order valence-corrected chi connectivity index (χ4v) is 0. The van der Waals surface area contributed by atoms with E-state index in [-0.39, 0.29) is 30.3 Å². The van der Waals surface area contributed by atoms with Gasteiger partial charge < -0.3 is 19.3 Å². The molecule has 0 aliphatic carbocycles. The van der Waals surface area contributed by atoms with Crippen LogP contribution in [0.3, 0.4) is 0 Å². The van der Waals surface area contributed by atoms with Crippen LogP contribution in [-0.4, -0.2) is 41.0 Å². The van der Waals surface area contributed by atoms with Gasteiger partial charge in [-0.2, -0.15) is 0 Å². The quantitative estimate of drug-likeness (QED) is 0.285. The van der Waals surface area contributed by atoms with Crippen LogP contribution in [0.1, 0.15) is 0 Å². The molecular formula is C2H6MnO6S. The molecule has 0 aromatic carbocycles. The van der Waals surface area contributed by atoms with Gasteiger partial charge in [-0.15, -0.1) is 0 Å². The van der Waals surface area contributed by atoms with Crippen LogP contribution < -0.4 is 0 Å². The van der Waals surface area contributed by atoms with Crippen LogP contribution >= 0.6 is 0 Å². The molecule has 1 radical (unpaired) electrons. The van der Waals surface area contributed by atoms with E-state index in [2.05, 4.69) is 0 Å². The third-order valence-electron chi connectivity index (χ3n) is 0.1000. The van der Waals surface area contributed by atoms with Gasteiger partial charge in [0.2, 0.25) is 0 Å². The molecule has 0 fully saturated rings. The fraction of sp³-hybridized carbons (Fsp3) is 1.00. The van der Waals surface area contributed by atoms with Gasteiger partial charge in [-0.1, -0.05) is 0 Å². The van der Waals surface area contributed by atoms with Gasteiger partial charge >= 0.3 is 17.1 Å². The summed E-state index contributed by atoms with van der Waals surface area (Å²) in [5.74, 6) is 0. The number of hydrogen-bond acceptors (Lipinski definition) is 6. The van der Waals surface area contributed by atoms with Gasteiger partial charge in [-0.25, -0.2) is 0 Å². The van der Waals surface area contributed by atoms with Crippen LogP contribution in [0.5, 0.6) is 0 Å². The molecule has 0 amide bonds. The molecule has 63 valence electrons. The van der Waals surface area contributed by atoms with Crippen LogP contribution in [0.2, 0.25) is 0 Å². The van der Waals surface area contributed by atoms with E-state index in [1.807, 2.05) is 0 Å². The Bertz CT molecular complexity index is 119. The van der Waals surface area contributed by atoms with Crippen molar-refractivity contribution >= 4 is 10.4 Å². The minimum Gasteiger partial charge on any atom is -0.759 e. The molecule has 2 N–H and O–H groups in total. The number of aliphatic hydroxyl groups is 2. The molecule has 0 spiro atoms. The molecule has 0 aromatic heterocycles. The zero-order valence-electron chi connectivity index (χ0n) is 4.73. The maximum absolute atomic E-state index is 8.52. The molecule has 0 aliphatic heterocycles. The van der Waals surface area contributed by atoms with E-state index in [9.17, 15) is 0 Å². The molecule has 0 heterocycles. The van der Waals surface area contributed by atoms with Crippen LogP contribution in [0.15, 0.2) is 0 Å². The topological polar surface area (TPSA) is 121 Å². The van der Waals surface area contributed by atoms with Crippen molar-refractivity contribution in [2.75, 3.05) is 13.2 Å². The van der Waals surface area contributed by atoms with Gasteiger partial charge in [-0.3, -0.25) is 8.42 Å². The minimum atomic E-state index is -5.17. The number of rotatable bonds is 1. The van der Waals surface area contributed by atoms with Crippen LogP contribution in [0.25, 0.3) is 0 Å². The molecule has 0 saturated heterocycles. The molecule has 0 bridgehead atoms. The molecule has 0 saturated carbocycles. The second-order valence-corrected chi connectivity index (χ2v) is 1.67. The van der Waals surface area contributed by atoms with Gasteiger partial charge in [0.15, 0.2) is 0 Å². The van der Waals surface area contributed by atoms with E-state index in [0.29, 0.717) is 0 Å². The molecular weight excluding hydrogens is 207 g/mol. The smallest absolute Gasteiger partial charge is 0.759 e. The van der Waals surface area contributed by atoms with E-state index in [1.54, 1.807) is 0 Å². The van der Waals surface area contributed by atoms with Gasteiger partial charge in [0.1, 0.15) is 0 Å². The summed E-state index contributed by atoms with van der Waals surface area (Å²) in [7, 11) is -5.17. The van der Waals surface area contributed by atoms with Crippen molar-refractivity contribution < 1.29 is 44.8 Å². The largest absolute Gasteiger partial charge is 2.00 e. The van der Waals surface area contributed by atoms with Crippen LogP contribution in [0, 0.1) is 0 Å². The normalized spacial score (nSPS) is 8.80. The van der Waals surface area contributed by atoms with Crippen LogP contribution in [-0.2, 0) is 27.5 Å². The molecule has 8 heteroatoms. The third-order valence-corrected chi connectivity index (χ3v) is 0.1000. The van der Waals surface area contributed by atoms with Crippen molar-refractivity contribution in [2.24, 2.45) is 0 Å². The number of aliphatic hydroxyl groups excluding tert-OH is 2. The minimum absolute atomic E-state index is 0. The first-order valence-corrected chi connectivity index (χ1v) is 3.13. The summed E-state index contributed by atoms with van der Waals surface area (Å²) < 4.78 is 34.1. The third kappa shape index (κ3) is 259. The predicted molar refractivity (Wildman–Crippen MR) is 24.6 cm³/mol. The second kappa shape index (κ2) is 9.31. The number of hydrogen-bond donors (Lipinski definition) is 2. The van der Waals surface area contributed by atoms with E-state index < -0.39 is 10.4 Å². The second-order valence-electron chi connectivity index (χ2n) is 0.855. The summed E-state index contributed by atoms with van der Waals surface area (Å²) in [6.45, 7) is -0.250. The monoisotopic (exact) mass is 213 g/mol. The summed E-state index contributed by atoms with van der Waals surface area (Å²) in [4.78, 5) is 0. The first kappa shape index (κ1) is 16.7. The Kier molecular flexibility index (Phi) is 15.6. The zero-order valence-corrected chi connectivity index (χ0v) is 6.72. The molecule has 0 atom stereocenters. The van der Waals surface area contributed by atoms with E-state index in [4.69, 9.17) is 27.7 Å². The van der Waals surface area contributed by atoms with E-state index >= 15 is 0 Å². The van der Waals surface area contributed by atoms with Crippen LogP contribution in [0.4, 0.5) is 0 Å². The maximum Gasteiger partial charge on any atom is 2.00 e. The first-order chi connectivity index (χ1) is 3.91. The average Bonchev–Trinajstić information content (AvgIpc) is 1.61. The molecule has 0 aromatic rings. The summed E-state index contributed by atoms with van der Waals surface area (Å²) in [6, 6.07) is 0. The van der Waals surface area contributed by atoms with Crippen molar-refractivity contribution in [1.29, 1.82) is 0 Å². The molecule has 6 nitrogen and oxygen atoms in total. The predicted octanol–water partition coefficient (Wildman–Crippen LogP) is -2.37. The van der Waals surface area contributed by atoms with Crippen molar-refractivity contribution in [3.05, 3.63) is 0 Å². The summed E-state index contributed by atoms with van der Waals surface area (Å²) in [5, 5.41) is 15.2. The van der Waals surface area contributed by atoms with E-state index in [0.717, 1.165) is 0 Å². The fourth-order valence-electron chi connectivity index (χ4n) is 0. The summed E-state index contributed by atoms with van der Waals surface area (Å²) in [6.07, 6.45) is 0. The Morgan fingerprint density at radius 2 is 1.20 bits per heavy atom. The van der Waals surface area contributed by atoms with Gasteiger partial charge in [-0.05, 0) is 0 Å². The maximum atomic E-state index is 8.52. The van der Waals surface area contributed by atoms with Crippen molar-refractivity contribution in [2.45, 2.75) is 0 Å².